The lowest BCUT2D eigenvalue weighted by Gasteiger charge is -2.11. The molecule has 2 aromatic carbocycles. The first-order valence-corrected chi connectivity index (χ1v) is 7.54. The van der Waals surface area contributed by atoms with E-state index in [0.29, 0.717) is 22.5 Å². The van der Waals surface area contributed by atoms with Crippen molar-refractivity contribution >= 4 is 28.8 Å². The molecule has 26 heavy (non-hydrogen) atoms. The summed E-state index contributed by atoms with van der Waals surface area (Å²) < 4.78 is 0. The Kier molecular flexibility index (Phi) is 4.27. The van der Waals surface area contributed by atoms with Gasteiger partial charge >= 0.3 is 5.69 Å². The standard InChI is InChI=1S/C17H14N4O5/c1-9(15-11-4-2-3-5-12(11)18-17(15)24)19-20-16(23)10-6-7-14(22)13(8-10)21(25)26/h2-8,19,22H,1H3,(H,18,24)(H,20,23). The molecule has 9 nitrogen and oxygen atoms in total. The number of aromatic hydroxyl groups is 1. The van der Waals surface area contributed by atoms with Crippen molar-refractivity contribution in [2.75, 3.05) is 5.32 Å². The molecule has 0 fully saturated rings. The minimum absolute atomic E-state index is 0.0175. The van der Waals surface area contributed by atoms with E-state index in [1.54, 1.807) is 31.2 Å². The number of hydrazine groups is 1. The number of carbonyl (C=O) groups is 2. The minimum Gasteiger partial charge on any atom is -0.502 e. The second-order valence-corrected chi connectivity index (χ2v) is 5.54. The van der Waals surface area contributed by atoms with Gasteiger partial charge in [-0.15, -0.1) is 0 Å². The average molecular weight is 354 g/mol. The van der Waals surface area contributed by atoms with Crippen molar-refractivity contribution in [3.63, 3.8) is 0 Å². The molecule has 1 heterocycles. The van der Waals surface area contributed by atoms with Crippen molar-refractivity contribution in [3.8, 4) is 5.75 Å². The van der Waals surface area contributed by atoms with E-state index in [9.17, 15) is 24.8 Å². The lowest BCUT2D eigenvalue weighted by molar-refractivity contribution is -0.385. The van der Waals surface area contributed by atoms with Gasteiger partial charge < -0.3 is 15.8 Å². The van der Waals surface area contributed by atoms with Gasteiger partial charge in [0.1, 0.15) is 0 Å². The van der Waals surface area contributed by atoms with Crippen LogP contribution in [0.5, 0.6) is 5.75 Å². The molecule has 132 valence electrons. The maximum absolute atomic E-state index is 12.2. The minimum atomic E-state index is -0.785. The van der Waals surface area contributed by atoms with Crippen LogP contribution in [0.2, 0.25) is 0 Å². The van der Waals surface area contributed by atoms with Gasteiger partial charge in [0.05, 0.1) is 10.5 Å². The Labute approximate surface area is 147 Å². The zero-order chi connectivity index (χ0) is 18.8. The second-order valence-electron chi connectivity index (χ2n) is 5.54. The Bertz CT molecular complexity index is 967. The number of benzene rings is 2. The van der Waals surface area contributed by atoms with Gasteiger partial charge in [-0.1, -0.05) is 18.2 Å². The maximum atomic E-state index is 12.2. The molecule has 1 aliphatic rings. The molecular weight excluding hydrogens is 340 g/mol. The molecule has 0 saturated heterocycles. The fourth-order valence-electron chi connectivity index (χ4n) is 2.59. The molecule has 0 saturated carbocycles. The van der Waals surface area contributed by atoms with Crippen molar-refractivity contribution < 1.29 is 19.6 Å². The van der Waals surface area contributed by atoms with Crippen LogP contribution in [-0.2, 0) is 4.79 Å². The molecule has 9 heteroatoms. The molecule has 2 aromatic rings. The maximum Gasteiger partial charge on any atom is 0.311 e. The summed E-state index contributed by atoms with van der Waals surface area (Å²) in [5.41, 5.74) is 6.61. The molecule has 3 rings (SSSR count). The van der Waals surface area contributed by atoms with Crippen LogP contribution >= 0.6 is 0 Å². The number of amides is 2. The summed E-state index contributed by atoms with van der Waals surface area (Å²) >= 11 is 0. The van der Waals surface area contributed by atoms with Crippen molar-refractivity contribution in [3.05, 3.63) is 69.4 Å². The van der Waals surface area contributed by atoms with Crippen LogP contribution in [0.15, 0.2) is 48.2 Å². The van der Waals surface area contributed by atoms with Crippen LogP contribution in [0.25, 0.3) is 5.57 Å². The highest BCUT2D eigenvalue weighted by molar-refractivity contribution is 6.32. The number of phenols is 1. The molecule has 4 N–H and O–H groups in total. The van der Waals surface area contributed by atoms with Crippen LogP contribution in [0, 0.1) is 10.1 Å². The highest BCUT2D eigenvalue weighted by Gasteiger charge is 2.26. The van der Waals surface area contributed by atoms with E-state index in [1.165, 1.54) is 6.07 Å². The fourth-order valence-corrected chi connectivity index (χ4v) is 2.59. The number of nitrogens with zero attached hydrogens (tertiary/aromatic N) is 1. The summed E-state index contributed by atoms with van der Waals surface area (Å²) in [6, 6.07) is 10.4. The van der Waals surface area contributed by atoms with Gasteiger partial charge in [-0.05, 0) is 25.1 Å². The predicted molar refractivity (Wildman–Crippen MR) is 93.0 cm³/mol. The number of para-hydroxylation sites is 1. The van der Waals surface area contributed by atoms with E-state index in [1.807, 2.05) is 0 Å². The summed E-state index contributed by atoms with van der Waals surface area (Å²) in [5.74, 6) is -1.48. The molecule has 0 atom stereocenters. The van der Waals surface area contributed by atoms with Crippen LogP contribution in [0.4, 0.5) is 11.4 Å². The lowest BCUT2D eigenvalue weighted by Crippen LogP contribution is -2.36. The fraction of sp³-hybridized carbons (Fsp3) is 0.0588. The molecule has 0 radical (unpaired) electrons. The van der Waals surface area contributed by atoms with Gasteiger partial charge in [0.25, 0.3) is 11.8 Å². The van der Waals surface area contributed by atoms with Crippen LogP contribution in [0.1, 0.15) is 22.8 Å². The van der Waals surface area contributed by atoms with E-state index in [4.69, 9.17) is 0 Å². The Hall–Kier alpha value is -3.88. The molecule has 2 amide bonds. The largest absolute Gasteiger partial charge is 0.502 e. The number of phenolic OH excluding ortho intramolecular Hbond substituents is 1. The Morgan fingerprint density at radius 1 is 1.19 bits per heavy atom. The molecule has 0 bridgehead atoms. The number of rotatable bonds is 4. The topological polar surface area (TPSA) is 134 Å². The third-order valence-corrected chi connectivity index (χ3v) is 3.84. The summed E-state index contributed by atoms with van der Waals surface area (Å²) in [6.45, 7) is 1.62. The normalized spacial score (nSPS) is 14.3. The van der Waals surface area contributed by atoms with Gasteiger partial charge in [-0.25, -0.2) is 0 Å². The molecular formula is C17H14N4O5. The van der Waals surface area contributed by atoms with Crippen LogP contribution in [-0.4, -0.2) is 21.8 Å². The number of carbonyl (C=O) groups excluding carboxylic acids is 2. The molecule has 0 spiro atoms. The van der Waals surface area contributed by atoms with Crippen LogP contribution in [0.3, 0.4) is 0 Å². The summed E-state index contributed by atoms with van der Waals surface area (Å²) in [7, 11) is 0. The summed E-state index contributed by atoms with van der Waals surface area (Å²) in [6.07, 6.45) is 0. The van der Waals surface area contributed by atoms with Gasteiger partial charge in [0, 0.05) is 28.6 Å². The number of hydrogen-bond acceptors (Lipinski definition) is 6. The van der Waals surface area contributed by atoms with Gasteiger partial charge in [-0.2, -0.15) is 0 Å². The predicted octanol–water partition coefficient (Wildman–Crippen LogP) is 1.92. The average Bonchev–Trinajstić information content (AvgIpc) is 2.95. The highest BCUT2D eigenvalue weighted by Crippen LogP contribution is 2.32. The third-order valence-electron chi connectivity index (χ3n) is 3.84. The number of nitrogens with one attached hydrogen (secondary N) is 3. The zero-order valence-electron chi connectivity index (χ0n) is 13.6. The van der Waals surface area contributed by atoms with Crippen molar-refractivity contribution in [1.29, 1.82) is 0 Å². The van der Waals surface area contributed by atoms with Crippen molar-refractivity contribution in [2.24, 2.45) is 0 Å². The van der Waals surface area contributed by atoms with E-state index in [-0.39, 0.29) is 11.5 Å². The van der Waals surface area contributed by atoms with Crippen molar-refractivity contribution in [2.45, 2.75) is 6.92 Å². The van der Waals surface area contributed by atoms with Gasteiger partial charge in [0.2, 0.25) is 0 Å². The molecule has 1 aliphatic heterocycles. The first-order chi connectivity index (χ1) is 12.4. The number of anilines is 1. The second kappa shape index (κ2) is 6.55. The summed E-state index contributed by atoms with van der Waals surface area (Å²) in [5, 5.41) is 23.0. The van der Waals surface area contributed by atoms with Gasteiger partial charge in [-0.3, -0.25) is 25.1 Å². The van der Waals surface area contributed by atoms with E-state index in [0.717, 1.165) is 12.1 Å². The van der Waals surface area contributed by atoms with Gasteiger partial charge in [0.15, 0.2) is 5.75 Å². The smallest absolute Gasteiger partial charge is 0.311 e. The first-order valence-electron chi connectivity index (χ1n) is 7.54. The van der Waals surface area contributed by atoms with E-state index >= 15 is 0 Å². The number of hydrogen-bond donors (Lipinski definition) is 4. The van der Waals surface area contributed by atoms with E-state index in [2.05, 4.69) is 16.2 Å². The number of allylic oxidation sites excluding steroid dienone is 1. The zero-order valence-corrected chi connectivity index (χ0v) is 13.6. The first kappa shape index (κ1) is 17.0. The lowest BCUT2D eigenvalue weighted by atomic mass is 10.1. The molecule has 0 aromatic heterocycles. The monoisotopic (exact) mass is 354 g/mol. The molecule has 0 aliphatic carbocycles. The quantitative estimate of drug-likeness (QED) is 0.376. The Balaban J connectivity index is 1.79. The number of fused-ring (bicyclic) bond motifs is 1. The van der Waals surface area contributed by atoms with Crippen LogP contribution < -0.4 is 16.2 Å². The highest BCUT2D eigenvalue weighted by atomic mass is 16.6. The van der Waals surface area contributed by atoms with E-state index < -0.39 is 22.3 Å². The summed E-state index contributed by atoms with van der Waals surface area (Å²) in [4.78, 5) is 34.3. The third kappa shape index (κ3) is 3.05. The Morgan fingerprint density at radius 2 is 1.92 bits per heavy atom. The number of nitro benzene ring substituents is 1. The van der Waals surface area contributed by atoms with Crippen molar-refractivity contribution in [1.82, 2.24) is 10.9 Å². The SMILES string of the molecule is CC(NNC(=O)c1ccc(O)c([N+](=O)[O-])c1)=C1C(=O)Nc2ccccc21. The molecule has 0 unspecified atom stereocenters. The Morgan fingerprint density at radius 3 is 2.65 bits per heavy atom. The number of nitro groups is 1.